The van der Waals surface area contributed by atoms with E-state index >= 15 is 0 Å². The molecular weight excluding hydrogens is 612 g/mol. The molecule has 2 heterocycles. The van der Waals surface area contributed by atoms with Crippen molar-refractivity contribution in [1.82, 2.24) is 14.8 Å². The third kappa shape index (κ3) is 7.81. The second-order valence-corrected chi connectivity index (χ2v) is 11.3. The minimum atomic E-state index is -4.77. The lowest BCUT2D eigenvalue weighted by Crippen LogP contribution is -2.31. The molecule has 0 atom stereocenters. The summed E-state index contributed by atoms with van der Waals surface area (Å²) in [5, 5.41) is 4.59. The average molecular weight is 639 g/mol. The fourth-order valence-electron chi connectivity index (χ4n) is 4.57. The van der Waals surface area contributed by atoms with Crippen molar-refractivity contribution in [3.8, 4) is 22.8 Å². The van der Waals surface area contributed by atoms with Crippen molar-refractivity contribution in [3.05, 3.63) is 90.0 Å². The molecule has 1 saturated heterocycles. The summed E-state index contributed by atoms with van der Waals surface area (Å²) in [5.74, 6) is -0.562. The van der Waals surface area contributed by atoms with Crippen LogP contribution in [-0.4, -0.2) is 49.7 Å². The molecule has 0 spiro atoms. The van der Waals surface area contributed by atoms with Crippen LogP contribution in [0.5, 0.6) is 5.75 Å². The van der Waals surface area contributed by atoms with E-state index in [4.69, 9.17) is 0 Å². The third-order valence-electron chi connectivity index (χ3n) is 6.59. The molecule has 0 N–H and O–H groups in total. The molecule has 1 aliphatic heterocycles. The van der Waals surface area contributed by atoms with E-state index in [2.05, 4.69) is 24.8 Å². The van der Waals surface area contributed by atoms with Gasteiger partial charge in [0.05, 0.1) is 17.1 Å². The number of aromatic nitrogens is 3. The number of halogens is 4. The molecule has 1 aromatic heterocycles. The number of rotatable bonds is 7. The van der Waals surface area contributed by atoms with Crippen molar-refractivity contribution in [2.24, 2.45) is 9.98 Å². The maximum absolute atomic E-state index is 13.9. The zero-order valence-electron chi connectivity index (χ0n) is 24.2. The predicted octanol–water partition coefficient (Wildman–Crippen LogP) is 7.35. The topological polar surface area (TPSA) is 102 Å². The molecule has 1 aliphatic rings. The van der Waals surface area contributed by atoms with Crippen molar-refractivity contribution in [1.29, 1.82) is 0 Å². The number of urea groups is 1. The number of amidine groups is 1. The Morgan fingerprint density at radius 3 is 2.44 bits per heavy atom. The van der Waals surface area contributed by atoms with Crippen LogP contribution in [-0.2, 0) is 11.2 Å². The normalized spacial score (nSPS) is 14.9. The van der Waals surface area contributed by atoms with Gasteiger partial charge in [-0.15, -0.1) is 18.3 Å². The van der Waals surface area contributed by atoms with Gasteiger partial charge in [0.1, 0.15) is 17.9 Å². The molecule has 232 valence electrons. The number of hydrogen-bond donors (Lipinski definition) is 0. The van der Waals surface area contributed by atoms with Gasteiger partial charge in [-0.3, -0.25) is 9.69 Å². The molecule has 3 amide bonds. The lowest BCUT2D eigenvalue weighted by atomic mass is 10.0. The molecule has 0 bridgehead atoms. The highest BCUT2D eigenvalue weighted by Gasteiger charge is 2.33. The molecule has 4 aromatic rings. The van der Waals surface area contributed by atoms with Crippen LogP contribution >= 0.6 is 11.8 Å². The van der Waals surface area contributed by atoms with E-state index in [-0.39, 0.29) is 28.5 Å². The van der Waals surface area contributed by atoms with E-state index in [0.29, 0.717) is 40.5 Å². The number of hydrogen-bond acceptors (Lipinski definition) is 6. The van der Waals surface area contributed by atoms with Gasteiger partial charge in [-0.25, -0.2) is 23.8 Å². The Morgan fingerprint density at radius 1 is 1.07 bits per heavy atom. The molecule has 9 nitrogen and oxygen atoms in total. The van der Waals surface area contributed by atoms with Crippen molar-refractivity contribution in [2.45, 2.75) is 39.5 Å². The molecule has 0 unspecified atom stereocenters. The van der Waals surface area contributed by atoms with Gasteiger partial charge in [0.2, 0.25) is 5.91 Å². The first-order valence-electron chi connectivity index (χ1n) is 13.7. The van der Waals surface area contributed by atoms with Crippen molar-refractivity contribution < 1.29 is 31.9 Å². The highest BCUT2D eigenvalue weighted by molar-refractivity contribution is 8.15. The SMILES string of the molecule is CC(Cc1ccc(-c2ncn(-c3ccc(OC(F)(F)F)cc3)n2)cc1)=NC(=O)N=C1SCC(=O)N1c1ccc(F)cc1C(C)C. The molecule has 45 heavy (non-hydrogen) atoms. The minimum Gasteiger partial charge on any atom is -0.406 e. The van der Waals surface area contributed by atoms with Gasteiger partial charge in [-0.1, -0.05) is 49.9 Å². The van der Waals surface area contributed by atoms with Gasteiger partial charge >= 0.3 is 12.4 Å². The molecule has 1 fully saturated rings. The number of benzene rings is 3. The lowest BCUT2D eigenvalue weighted by Gasteiger charge is -2.21. The Morgan fingerprint density at radius 2 is 1.78 bits per heavy atom. The second kappa shape index (κ2) is 13.0. The maximum Gasteiger partial charge on any atom is 0.573 e. The van der Waals surface area contributed by atoms with Gasteiger partial charge in [0.15, 0.2) is 11.0 Å². The van der Waals surface area contributed by atoms with E-state index < -0.39 is 18.2 Å². The molecule has 3 aromatic carbocycles. The van der Waals surface area contributed by atoms with Gasteiger partial charge in [0.25, 0.3) is 0 Å². The van der Waals surface area contributed by atoms with Crippen LogP contribution in [0.2, 0.25) is 0 Å². The summed E-state index contributed by atoms with van der Waals surface area (Å²) in [5.41, 5.74) is 3.69. The van der Waals surface area contributed by atoms with E-state index in [1.165, 1.54) is 58.4 Å². The molecule has 0 saturated carbocycles. The third-order valence-corrected chi connectivity index (χ3v) is 7.52. The number of carbonyl (C=O) groups excluding carboxylic acids is 2. The largest absolute Gasteiger partial charge is 0.573 e. The fraction of sp³-hybridized carbons (Fsp3) is 0.226. The Balaban J connectivity index is 1.24. The van der Waals surface area contributed by atoms with Gasteiger partial charge < -0.3 is 4.74 Å². The summed E-state index contributed by atoms with van der Waals surface area (Å²) < 4.78 is 56.4. The fourth-order valence-corrected chi connectivity index (χ4v) is 5.42. The molecule has 5 rings (SSSR count). The Bertz CT molecular complexity index is 1780. The highest BCUT2D eigenvalue weighted by Crippen LogP contribution is 2.34. The number of nitrogens with zero attached hydrogens (tertiary/aromatic N) is 6. The van der Waals surface area contributed by atoms with Gasteiger partial charge in [-0.2, -0.15) is 4.99 Å². The molecule has 14 heteroatoms. The van der Waals surface area contributed by atoms with Crippen LogP contribution in [0, 0.1) is 5.82 Å². The Kier molecular flexibility index (Phi) is 9.14. The van der Waals surface area contributed by atoms with Crippen LogP contribution in [0.25, 0.3) is 17.1 Å². The van der Waals surface area contributed by atoms with Crippen LogP contribution in [0.3, 0.4) is 0 Å². The first-order valence-corrected chi connectivity index (χ1v) is 14.6. The van der Waals surface area contributed by atoms with Crippen molar-refractivity contribution in [2.75, 3.05) is 10.7 Å². The summed E-state index contributed by atoms with van der Waals surface area (Å²) in [6.07, 6.45) is -2.97. The maximum atomic E-state index is 13.9. The van der Waals surface area contributed by atoms with E-state index in [9.17, 15) is 27.2 Å². The van der Waals surface area contributed by atoms with E-state index in [1.807, 2.05) is 26.0 Å². The standard InChI is InChI=1S/C31H26F4N6O3S/c1-18(2)25-15-22(32)8-13-26(25)41-27(42)16-45-30(41)38-29(43)37-19(3)14-20-4-6-21(7-5-20)28-36-17-40(39-28)23-9-11-24(12-10-23)44-31(33,34)35/h4-13,15,17-18H,14,16H2,1-3H3. The Labute approximate surface area is 259 Å². The number of thioether (sulfide) groups is 1. The average Bonchev–Trinajstić information content (AvgIpc) is 3.60. The zero-order valence-corrected chi connectivity index (χ0v) is 25.1. The molecule has 0 radical (unpaired) electrons. The first kappa shape index (κ1) is 31.6. The van der Waals surface area contributed by atoms with Crippen LogP contribution < -0.4 is 9.64 Å². The summed E-state index contributed by atoms with van der Waals surface area (Å²) in [6.45, 7) is 5.47. The minimum absolute atomic E-state index is 0.0632. The monoisotopic (exact) mass is 638 g/mol. The highest BCUT2D eigenvalue weighted by atomic mass is 32.2. The number of carbonyl (C=O) groups is 2. The second-order valence-electron chi connectivity index (χ2n) is 10.3. The van der Waals surface area contributed by atoms with Gasteiger partial charge in [-0.05, 0) is 66.4 Å². The van der Waals surface area contributed by atoms with Crippen LogP contribution in [0.4, 0.5) is 28.0 Å². The van der Waals surface area contributed by atoms with Gasteiger partial charge in [0, 0.05) is 17.7 Å². The lowest BCUT2D eigenvalue weighted by molar-refractivity contribution is -0.274. The smallest absolute Gasteiger partial charge is 0.406 e. The van der Waals surface area contributed by atoms with Crippen LogP contribution in [0.1, 0.15) is 37.8 Å². The van der Waals surface area contributed by atoms with Crippen molar-refractivity contribution in [3.63, 3.8) is 0 Å². The number of ether oxygens (including phenoxy) is 1. The summed E-state index contributed by atoms with van der Waals surface area (Å²) >= 11 is 1.12. The zero-order chi connectivity index (χ0) is 32.3. The number of aliphatic imine (C=N–C) groups is 2. The van der Waals surface area contributed by atoms with E-state index in [1.54, 1.807) is 19.1 Å². The van der Waals surface area contributed by atoms with Crippen LogP contribution in [0.15, 0.2) is 83.0 Å². The quantitative estimate of drug-likeness (QED) is 0.155. The number of alkyl halides is 3. The number of amides is 3. The van der Waals surface area contributed by atoms with Crippen molar-refractivity contribution >= 4 is 40.3 Å². The van der Waals surface area contributed by atoms with E-state index in [0.717, 1.165) is 17.3 Å². The summed E-state index contributed by atoms with van der Waals surface area (Å²) in [6, 6.07) is 15.9. The predicted molar refractivity (Wildman–Crippen MR) is 164 cm³/mol. The summed E-state index contributed by atoms with van der Waals surface area (Å²) in [4.78, 5) is 39.2. The Hall–Kier alpha value is -4.85. The first-order chi connectivity index (χ1) is 21.4. The number of anilines is 1. The molecular formula is C31H26F4N6O3S. The molecule has 0 aliphatic carbocycles. The summed E-state index contributed by atoms with van der Waals surface area (Å²) in [7, 11) is 0.